The molecule has 21 heavy (non-hydrogen) atoms. The van der Waals surface area contributed by atoms with Gasteiger partial charge in [-0.1, -0.05) is 13.8 Å². The molecule has 5 heteroatoms. The molecule has 1 aromatic carbocycles. The second kappa shape index (κ2) is 10.0. The van der Waals surface area contributed by atoms with Crippen LogP contribution in [0.5, 0.6) is 11.5 Å². The summed E-state index contributed by atoms with van der Waals surface area (Å²) < 4.78 is 12.0. The summed E-state index contributed by atoms with van der Waals surface area (Å²) in [5.41, 5.74) is 1.12. The van der Waals surface area contributed by atoms with Crippen LogP contribution in [0.3, 0.4) is 0 Å². The van der Waals surface area contributed by atoms with Crippen LogP contribution in [-0.4, -0.2) is 31.5 Å². The van der Waals surface area contributed by atoms with Crippen molar-refractivity contribution in [1.29, 1.82) is 0 Å². The van der Waals surface area contributed by atoms with E-state index in [-0.39, 0.29) is 6.61 Å². The smallest absolute Gasteiger partial charge is 0.175 e. The Morgan fingerprint density at radius 3 is 2.67 bits per heavy atom. The molecule has 1 rings (SSSR count). The van der Waals surface area contributed by atoms with E-state index in [1.54, 1.807) is 7.11 Å². The zero-order valence-electron chi connectivity index (χ0n) is 13.1. The van der Waals surface area contributed by atoms with Gasteiger partial charge in [0.2, 0.25) is 0 Å². The average molecular weight is 360 g/mol. The summed E-state index contributed by atoms with van der Waals surface area (Å²) in [5.74, 6) is 1.50. The van der Waals surface area contributed by atoms with E-state index in [4.69, 9.17) is 14.6 Å². The van der Waals surface area contributed by atoms with Gasteiger partial charge in [-0.15, -0.1) is 0 Å². The third-order valence-corrected chi connectivity index (χ3v) is 3.89. The van der Waals surface area contributed by atoms with Crippen molar-refractivity contribution in [3.63, 3.8) is 0 Å². The predicted octanol–water partition coefficient (Wildman–Crippen LogP) is 3.50. The van der Waals surface area contributed by atoms with Crippen molar-refractivity contribution in [2.24, 2.45) is 0 Å². The van der Waals surface area contributed by atoms with Gasteiger partial charge in [0.1, 0.15) is 0 Å². The maximum Gasteiger partial charge on any atom is 0.175 e. The van der Waals surface area contributed by atoms with Crippen LogP contribution >= 0.6 is 15.9 Å². The van der Waals surface area contributed by atoms with E-state index in [0.717, 1.165) is 47.3 Å². The number of benzene rings is 1. The number of ether oxygens (including phenoxy) is 2. The maximum absolute atomic E-state index is 9.03. The summed E-state index contributed by atoms with van der Waals surface area (Å²) in [4.78, 5) is 0. The van der Waals surface area contributed by atoms with Gasteiger partial charge in [-0.05, 0) is 52.9 Å². The average Bonchev–Trinajstić information content (AvgIpc) is 2.49. The first kappa shape index (κ1) is 18.3. The summed E-state index contributed by atoms with van der Waals surface area (Å²) >= 11 is 3.55. The number of aliphatic hydroxyl groups excluding tert-OH is 1. The van der Waals surface area contributed by atoms with E-state index < -0.39 is 0 Å². The van der Waals surface area contributed by atoms with Gasteiger partial charge in [-0.25, -0.2) is 0 Å². The number of nitrogens with one attached hydrogen (secondary N) is 1. The van der Waals surface area contributed by atoms with Gasteiger partial charge in [-0.3, -0.25) is 0 Å². The Labute approximate surface area is 136 Å². The van der Waals surface area contributed by atoms with Crippen molar-refractivity contribution in [2.45, 2.75) is 45.7 Å². The quantitative estimate of drug-likeness (QED) is 0.671. The first-order chi connectivity index (χ1) is 10.2. The van der Waals surface area contributed by atoms with E-state index >= 15 is 0 Å². The molecule has 4 nitrogen and oxygen atoms in total. The number of rotatable bonds is 10. The Hall–Kier alpha value is -0.780. The molecule has 0 aromatic heterocycles. The van der Waals surface area contributed by atoms with Gasteiger partial charge in [-0.2, -0.15) is 0 Å². The van der Waals surface area contributed by atoms with Crippen LogP contribution in [-0.2, 0) is 6.54 Å². The van der Waals surface area contributed by atoms with Gasteiger partial charge in [0.15, 0.2) is 11.5 Å². The first-order valence-corrected chi connectivity index (χ1v) is 8.28. The molecule has 2 N–H and O–H groups in total. The van der Waals surface area contributed by atoms with Crippen LogP contribution in [0.2, 0.25) is 0 Å². The number of hydrogen-bond donors (Lipinski definition) is 2. The van der Waals surface area contributed by atoms with Crippen LogP contribution in [0, 0.1) is 0 Å². The van der Waals surface area contributed by atoms with E-state index in [2.05, 4.69) is 35.1 Å². The van der Waals surface area contributed by atoms with Crippen molar-refractivity contribution in [3.05, 3.63) is 22.2 Å². The summed E-state index contributed by atoms with van der Waals surface area (Å²) in [6.45, 7) is 5.81. The Balaban J connectivity index is 2.78. The molecule has 0 heterocycles. The van der Waals surface area contributed by atoms with E-state index in [1.165, 1.54) is 0 Å². The minimum Gasteiger partial charge on any atom is -0.493 e. The second-order valence-corrected chi connectivity index (χ2v) is 5.81. The number of halogens is 1. The van der Waals surface area contributed by atoms with Gasteiger partial charge in [0, 0.05) is 19.2 Å². The van der Waals surface area contributed by atoms with E-state index in [0.29, 0.717) is 12.6 Å². The number of hydrogen-bond acceptors (Lipinski definition) is 4. The van der Waals surface area contributed by atoms with Crippen molar-refractivity contribution < 1.29 is 14.6 Å². The highest BCUT2D eigenvalue weighted by Gasteiger charge is 2.12. The molecule has 0 fully saturated rings. The minimum absolute atomic E-state index is 0.211. The molecule has 120 valence electrons. The second-order valence-electron chi connectivity index (χ2n) is 4.96. The van der Waals surface area contributed by atoms with Crippen LogP contribution < -0.4 is 14.8 Å². The van der Waals surface area contributed by atoms with Crippen LogP contribution in [0.1, 0.15) is 38.7 Å². The highest BCUT2D eigenvalue weighted by atomic mass is 79.9. The first-order valence-electron chi connectivity index (χ1n) is 7.49. The molecule has 0 aliphatic carbocycles. The summed E-state index contributed by atoms with van der Waals surface area (Å²) in [6.07, 6.45) is 2.72. The monoisotopic (exact) mass is 359 g/mol. The fourth-order valence-electron chi connectivity index (χ4n) is 2.09. The zero-order valence-corrected chi connectivity index (χ0v) is 14.7. The van der Waals surface area contributed by atoms with Crippen LogP contribution in [0.15, 0.2) is 16.6 Å². The summed E-state index contributed by atoms with van der Waals surface area (Å²) in [7, 11) is 1.65. The molecular formula is C16H26BrNO3. The van der Waals surface area contributed by atoms with Gasteiger partial charge in [0.25, 0.3) is 0 Å². The molecule has 1 atom stereocenters. The fourth-order valence-corrected chi connectivity index (χ4v) is 2.69. The van der Waals surface area contributed by atoms with Gasteiger partial charge in [0.05, 0.1) is 18.2 Å². The SMILES string of the molecule is CCCOc1c(Br)cc(CNC(CC)CCO)cc1OC. The largest absolute Gasteiger partial charge is 0.493 e. The third-order valence-electron chi connectivity index (χ3n) is 3.30. The number of methoxy groups -OCH3 is 1. The fraction of sp³-hybridized carbons (Fsp3) is 0.625. The molecular weight excluding hydrogens is 334 g/mol. The molecule has 0 saturated heterocycles. The van der Waals surface area contributed by atoms with Crippen LogP contribution in [0.25, 0.3) is 0 Å². The van der Waals surface area contributed by atoms with Crippen LogP contribution in [0.4, 0.5) is 0 Å². The van der Waals surface area contributed by atoms with Crippen molar-refractivity contribution in [3.8, 4) is 11.5 Å². The maximum atomic E-state index is 9.03. The molecule has 0 saturated carbocycles. The standard InChI is InChI=1S/C16H26BrNO3/c1-4-8-21-16-14(17)9-12(10-15(16)20-3)11-18-13(5-2)6-7-19/h9-10,13,18-19H,4-8,11H2,1-3H3. The molecule has 0 bridgehead atoms. The van der Waals surface area contributed by atoms with E-state index in [9.17, 15) is 0 Å². The van der Waals surface area contributed by atoms with Crippen molar-refractivity contribution in [1.82, 2.24) is 5.32 Å². The van der Waals surface area contributed by atoms with Gasteiger partial charge < -0.3 is 19.9 Å². The van der Waals surface area contributed by atoms with E-state index in [1.807, 2.05) is 12.1 Å². The molecule has 0 aliphatic heterocycles. The van der Waals surface area contributed by atoms with Crippen molar-refractivity contribution in [2.75, 3.05) is 20.3 Å². The van der Waals surface area contributed by atoms with Gasteiger partial charge >= 0.3 is 0 Å². The predicted molar refractivity (Wildman–Crippen MR) is 89.1 cm³/mol. The Morgan fingerprint density at radius 1 is 1.33 bits per heavy atom. The molecule has 0 amide bonds. The summed E-state index contributed by atoms with van der Waals surface area (Å²) in [6, 6.07) is 4.37. The zero-order chi connectivity index (χ0) is 15.7. The lowest BCUT2D eigenvalue weighted by atomic mass is 10.1. The highest BCUT2D eigenvalue weighted by molar-refractivity contribution is 9.10. The molecule has 1 unspecified atom stereocenters. The lowest BCUT2D eigenvalue weighted by Crippen LogP contribution is -2.28. The van der Waals surface area contributed by atoms with Crippen molar-refractivity contribution >= 4 is 15.9 Å². The normalized spacial score (nSPS) is 12.2. The number of aliphatic hydroxyl groups is 1. The molecule has 1 aromatic rings. The minimum atomic E-state index is 0.211. The highest BCUT2D eigenvalue weighted by Crippen LogP contribution is 2.36. The Bertz CT molecular complexity index is 426. The molecule has 0 radical (unpaired) electrons. The molecule has 0 spiro atoms. The topological polar surface area (TPSA) is 50.7 Å². The Kier molecular flexibility index (Phi) is 8.73. The summed E-state index contributed by atoms with van der Waals surface area (Å²) in [5, 5.41) is 12.5. The Morgan fingerprint density at radius 2 is 2.10 bits per heavy atom. The molecule has 0 aliphatic rings. The third kappa shape index (κ3) is 5.85. The lowest BCUT2D eigenvalue weighted by molar-refractivity contribution is 0.262. The lowest BCUT2D eigenvalue weighted by Gasteiger charge is -2.18.